The van der Waals surface area contributed by atoms with Crippen LogP contribution in [0.5, 0.6) is 0 Å². The van der Waals surface area contributed by atoms with Gasteiger partial charge < -0.3 is 0 Å². The molecular formula is C22H22N2OS. The fourth-order valence-corrected chi connectivity index (χ4v) is 3.22. The number of nitrogens with one attached hydrogen (secondary N) is 1. The predicted molar refractivity (Wildman–Crippen MR) is 110 cm³/mol. The maximum Gasteiger partial charge on any atom is 0.250 e. The fourth-order valence-electron chi connectivity index (χ4n) is 2.50. The van der Waals surface area contributed by atoms with Gasteiger partial charge in [0.2, 0.25) is 5.91 Å². The number of thiazole rings is 1. The number of aryl methyl sites for hydroxylation is 1. The van der Waals surface area contributed by atoms with Crippen LogP contribution in [0, 0.1) is 6.92 Å². The lowest BCUT2D eigenvalue weighted by atomic mass is 10.0. The van der Waals surface area contributed by atoms with Crippen molar-refractivity contribution in [3.05, 3.63) is 76.7 Å². The molecule has 0 spiro atoms. The summed E-state index contributed by atoms with van der Waals surface area (Å²) in [4.78, 5) is 16.6. The SMILES string of the molecule is Cc1ccc(C=CC(=O)Nc2nc(-c3ccc(C(C)C)cc3)cs2)cc1. The predicted octanol–water partition coefficient (Wildman–Crippen LogP) is 5.89. The fraction of sp³-hybridized carbons (Fsp3) is 0.182. The molecule has 1 aromatic heterocycles. The van der Waals surface area contributed by atoms with E-state index in [1.807, 2.05) is 36.6 Å². The molecule has 3 nitrogen and oxygen atoms in total. The molecule has 0 aliphatic heterocycles. The van der Waals surface area contributed by atoms with Crippen LogP contribution in [0.2, 0.25) is 0 Å². The molecule has 0 aliphatic rings. The van der Waals surface area contributed by atoms with Gasteiger partial charge in [0.15, 0.2) is 5.13 Å². The highest BCUT2D eigenvalue weighted by Gasteiger charge is 2.07. The van der Waals surface area contributed by atoms with Gasteiger partial charge in [0.05, 0.1) is 5.69 Å². The summed E-state index contributed by atoms with van der Waals surface area (Å²) in [7, 11) is 0. The quantitative estimate of drug-likeness (QED) is 0.575. The van der Waals surface area contributed by atoms with E-state index in [1.54, 1.807) is 6.08 Å². The van der Waals surface area contributed by atoms with E-state index in [4.69, 9.17) is 0 Å². The van der Waals surface area contributed by atoms with Crippen molar-refractivity contribution in [2.24, 2.45) is 0 Å². The molecule has 3 rings (SSSR count). The van der Waals surface area contributed by atoms with E-state index in [9.17, 15) is 4.79 Å². The number of carbonyl (C=O) groups is 1. The smallest absolute Gasteiger partial charge is 0.250 e. The number of anilines is 1. The molecule has 0 saturated heterocycles. The third-order valence-corrected chi connectivity index (χ3v) is 4.87. The van der Waals surface area contributed by atoms with Crippen LogP contribution in [0.15, 0.2) is 60.0 Å². The van der Waals surface area contributed by atoms with Gasteiger partial charge >= 0.3 is 0 Å². The first-order chi connectivity index (χ1) is 12.5. The van der Waals surface area contributed by atoms with E-state index in [-0.39, 0.29) is 5.91 Å². The standard InChI is InChI=1S/C22H22N2OS/c1-15(2)18-9-11-19(12-10-18)20-14-26-22(23-20)24-21(25)13-8-17-6-4-16(3)5-7-17/h4-15H,1-3H3,(H,23,24,25). The summed E-state index contributed by atoms with van der Waals surface area (Å²) in [6.07, 6.45) is 3.33. The van der Waals surface area contributed by atoms with Gasteiger partial charge in [0.25, 0.3) is 0 Å². The van der Waals surface area contributed by atoms with Crippen molar-refractivity contribution >= 4 is 28.5 Å². The summed E-state index contributed by atoms with van der Waals surface area (Å²) >= 11 is 1.43. The number of aromatic nitrogens is 1. The summed E-state index contributed by atoms with van der Waals surface area (Å²) in [6.45, 7) is 6.39. The first-order valence-electron chi connectivity index (χ1n) is 8.63. The Morgan fingerprint density at radius 3 is 2.42 bits per heavy atom. The van der Waals surface area contributed by atoms with Gasteiger partial charge in [0.1, 0.15) is 0 Å². The lowest BCUT2D eigenvalue weighted by Crippen LogP contribution is -2.07. The van der Waals surface area contributed by atoms with Crippen LogP contribution in [-0.4, -0.2) is 10.9 Å². The van der Waals surface area contributed by atoms with Crippen molar-refractivity contribution < 1.29 is 4.79 Å². The summed E-state index contributed by atoms with van der Waals surface area (Å²) in [5, 5.41) is 5.39. The van der Waals surface area contributed by atoms with Gasteiger partial charge in [-0.2, -0.15) is 0 Å². The maximum atomic E-state index is 12.1. The molecule has 0 unspecified atom stereocenters. The molecule has 0 radical (unpaired) electrons. The van der Waals surface area contributed by atoms with E-state index in [0.29, 0.717) is 11.0 Å². The van der Waals surface area contributed by atoms with Crippen LogP contribution >= 0.6 is 11.3 Å². The van der Waals surface area contributed by atoms with Gasteiger partial charge in [-0.05, 0) is 30.0 Å². The van der Waals surface area contributed by atoms with E-state index in [1.165, 1.54) is 28.5 Å². The number of carbonyl (C=O) groups excluding carboxylic acids is 1. The van der Waals surface area contributed by atoms with Crippen molar-refractivity contribution in [2.45, 2.75) is 26.7 Å². The summed E-state index contributed by atoms with van der Waals surface area (Å²) in [5.74, 6) is 0.330. The Morgan fingerprint density at radius 1 is 1.08 bits per heavy atom. The molecule has 2 aromatic carbocycles. The minimum absolute atomic E-state index is 0.179. The van der Waals surface area contributed by atoms with Crippen LogP contribution in [0.3, 0.4) is 0 Å². The normalized spacial score (nSPS) is 11.2. The second-order valence-electron chi connectivity index (χ2n) is 6.55. The second kappa shape index (κ2) is 8.11. The molecule has 1 heterocycles. The van der Waals surface area contributed by atoms with E-state index >= 15 is 0 Å². The summed E-state index contributed by atoms with van der Waals surface area (Å²) in [6, 6.07) is 16.4. The highest BCUT2D eigenvalue weighted by atomic mass is 32.1. The molecule has 26 heavy (non-hydrogen) atoms. The van der Waals surface area contributed by atoms with Crippen molar-refractivity contribution in [3.63, 3.8) is 0 Å². The Balaban J connectivity index is 1.64. The zero-order valence-corrected chi connectivity index (χ0v) is 16.0. The molecule has 4 heteroatoms. The molecule has 3 aromatic rings. The maximum absolute atomic E-state index is 12.1. The zero-order chi connectivity index (χ0) is 18.5. The van der Waals surface area contributed by atoms with E-state index < -0.39 is 0 Å². The van der Waals surface area contributed by atoms with Crippen LogP contribution in [0.4, 0.5) is 5.13 Å². The Morgan fingerprint density at radius 2 is 1.77 bits per heavy atom. The lowest BCUT2D eigenvalue weighted by Gasteiger charge is -2.05. The Bertz CT molecular complexity index is 906. The zero-order valence-electron chi connectivity index (χ0n) is 15.2. The summed E-state index contributed by atoms with van der Waals surface area (Å²) in [5.41, 5.74) is 5.43. The lowest BCUT2D eigenvalue weighted by molar-refractivity contribution is -0.111. The molecule has 0 aliphatic carbocycles. The number of nitrogens with zero attached hydrogens (tertiary/aromatic N) is 1. The molecular weight excluding hydrogens is 340 g/mol. The molecule has 132 valence electrons. The Labute approximate surface area is 158 Å². The molecule has 0 bridgehead atoms. The van der Waals surface area contributed by atoms with Crippen LogP contribution in [0.1, 0.15) is 36.5 Å². The highest BCUT2D eigenvalue weighted by molar-refractivity contribution is 7.14. The van der Waals surface area contributed by atoms with E-state index in [2.05, 4.69) is 48.4 Å². The average molecular weight is 362 g/mol. The number of amides is 1. The molecule has 0 saturated carbocycles. The summed E-state index contributed by atoms with van der Waals surface area (Å²) < 4.78 is 0. The van der Waals surface area contributed by atoms with Crippen LogP contribution in [-0.2, 0) is 4.79 Å². The number of hydrogen-bond donors (Lipinski definition) is 1. The first kappa shape index (κ1) is 18.1. The third-order valence-electron chi connectivity index (χ3n) is 4.11. The highest BCUT2D eigenvalue weighted by Crippen LogP contribution is 2.26. The number of benzene rings is 2. The van der Waals surface area contributed by atoms with Crippen molar-refractivity contribution in [2.75, 3.05) is 5.32 Å². The molecule has 1 amide bonds. The van der Waals surface area contributed by atoms with Gasteiger partial charge in [-0.1, -0.05) is 67.9 Å². The van der Waals surface area contributed by atoms with E-state index in [0.717, 1.165) is 16.8 Å². The topological polar surface area (TPSA) is 42.0 Å². The van der Waals surface area contributed by atoms with Gasteiger partial charge in [0, 0.05) is 17.0 Å². The number of rotatable bonds is 5. The minimum atomic E-state index is -0.179. The second-order valence-corrected chi connectivity index (χ2v) is 7.41. The van der Waals surface area contributed by atoms with Gasteiger partial charge in [-0.25, -0.2) is 4.98 Å². The molecule has 0 fully saturated rings. The average Bonchev–Trinajstić information content (AvgIpc) is 3.10. The largest absolute Gasteiger partial charge is 0.298 e. The number of hydrogen-bond acceptors (Lipinski definition) is 3. The Hall–Kier alpha value is -2.72. The van der Waals surface area contributed by atoms with Crippen LogP contribution < -0.4 is 5.32 Å². The molecule has 1 N–H and O–H groups in total. The first-order valence-corrected chi connectivity index (χ1v) is 9.51. The third kappa shape index (κ3) is 4.67. The van der Waals surface area contributed by atoms with Crippen LogP contribution in [0.25, 0.3) is 17.3 Å². The molecule has 0 atom stereocenters. The van der Waals surface area contributed by atoms with Crippen molar-refractivity contribution in [1.29, 1.82) is 0 Å². The van der Waals surface area contributed by atoms with Crippen molar-refractivity contribution in [1.82, 2.24) is 4.98 Å². The monoisotopic (exact) mass is 362 g/mol. The van der Waals surface area contributed by atoms with Gasteiger partial charge in [-0.15, -0.1) is 11.3 Å². The van der Waals surface area contributed by atoms with Gasteiger partial charge in [-0.3, -0.25) is 10.1 Å². The van der Waals surface area contributed by atoms with Crippen molar-refractivity contribution in [3.8, 4) is 11.3 Å². The minimum Gasteiger partial charge on any atom is -0.298 e. The Kier molecular flexibility index (Phi) is 5.64.